The van der Waals surface area contributed by atoms with Crippen molar-refractivity contribution in [1.29, 1.82) is 0 Å². The number of ether oxygens (including phenoxy) is 2. The molecule has 1 saturated carbocycles. The number of guanidine groups is 1. The largest absolute Gasteiger partial charge is 0.481 e. The van der Waals surface area contributed by atoms with Gasteiger partial charge in [-0.05, 0) is 31.7 Å². The van der Waals surface area contributed by atoms with Gasteiger partial charge in [-0.2, -0.15) is 0 Å². The molecule has 2 rings (SSSR count). The van der Waals surface area contributed by atoms with E-state index < -0.39 is 0 Å². The van der Waals surface area contributed by atoms with Crippen LogP contribution in [0.5, 0.6) is 5.88 Å². The van der Waals surface area contributed by atoms with Gasteiger partial charge in [-0.15, -0.1) is 0 Å². The zero-order valence-electron chi connectivity index (χ0n) is 14.4. The fourth-order valence-electron chi connectivity index (χ4n) is 2.20. The molecule has 1 aromatic rings. The zero-order valence-corrected chi connectivity index (χ0v) is 14.4. The van der Waals surface area contributed by atoms with Crippen LogP contribution in [0.3, 0.4) is 0 Å². The van der Waals surface area contributed by atoms with Crippen LogP contribution in [0.4, 0.5) is 0 Å². The summed E-state index contributed by atoms with van der Waals surface area (Å²) in [4.78, 5) is 11.0. The van der Waals surface area contributed by atoms with Gasteiger partial charge in [-0.3, -0.25) is 0 Å². The maximum Gasteiger partial charge on any atom is 0.218 e. The lowest BCUT2D eigenvalue weighted by Crippen LogP contribution is -2.40. The van der Waals surface area contributed by atoms with Gasteiger partial charge in [0.05, 0.1) is 20.3 Å². The topological polar surface area (TPSA) is 59.0 Å². The van der Waals surface area contributed by atoms with Crippen LogP contribution in [-0.2, 0) is 11.3 Å². The first kappa shape index (κ1) is 17.5. The Hall–Kier alpha value is -1.82. The summed E-state index contributed by atoms with van der Waals surface area (Å²) < 4.78 is 11.0. The predicted octanol–water partition coefficient (Wildman–Crippen LogP) is 1.91. The number of aromatic nitrogens is 1. The number of methoxy groups -OCH3 is 1. The van der Waals surface area contributed by atoms with Crippen molar-refractivity contribution in [3.8, 4) is 5.88 Å². The van der Waals surface area contributed by atoms with Crippen LogP contribution >= 0.6 is 0 Å². The lowest BCUT2D eigenvalue weighted by molar-refractivity contribution is 0.115. The van der Waals surface area contributed by atoms with Crippen LogP contribution in [-0.4, -0.2) is 56.3 Å². The molecule has 1 aliphatic rings. The van der Waals surface area contributed by atoms with Crippen molar-refractivity contribution < 1.29 is 9.47 Å². The molecule has 0 unspecified atom stereocenters. The second-order valence-corrected chi connectivity index (χ2v) is 5.78. The molecule has 6 heteroatoms. The van der Waals surface area contributed by atoms with Crippen molar-refractivity contribution >= 4 is 5.96 Å². The van der Waals surface area contributed by atoms with Gasteiger partial charge in [0.2, 0.25) is 5.88 Å². The fraction of sp³-hybridized carbons (Fsp3) is 0.647. The lowest BCUT2D eigenvalue weighted by atomic mass is 10.3. The average molecular weight is 320 g/mol. The minimum Gasteiger partial charge on any atom is -0.481 e. The van der Waals surface area contributed by atoms with E-state index in [0.29, 0.717) is 12.4 Å². The number of nitrogens with one attached hydrogen (secondary N) is 1. The van der Waals surface area contributed by atoms with Crippen molar-refractivity contribution in [2.45, 2.75) is 26.3 Å². The molecule has 0 saturated heterocycles. The Balaban J connectivity index is 1.86. The monoisotopic (exact) mass is 320 g/mol. The van der Waals surface area contributed by atoms with Gasteiger partial charge < -0.3 is 19.7 Å². The first-order chi connectivity index (χ1) is 11.2. The molecule has 0 amide bonds. The maximum absolute atomic E-state index is 5.70. The van der Waals surface area contributed by atoms with Crippen molar-refractivity contribution in [3.05, 3.63) is 23.9 Å². The molecule has 1 aromatic heterocycles. The molecule has 0 aliphatic heterocycles. The summed E-state index contributed by atoms with van der Waals surface area (Å²) >= 11 is 0. The smallest absolute Gasteiger partial charge is 0.218 e. The van der Waals surface area contributed by atoms with Gasteiger partial charge in [0.25, 0.3) is 0 Å². The maximum atomic E-state index is 5.70. The quantitative estimate of drug-likeness (QED) is 0.428. The van der Waals surface area contributed by atoms with Crippen molar-refractivity contribution in [2.24, 2.45) is 10.9 Å². The molecular formula is C17H28N4O2. The first-order valence-electron chi connectivity index (χ1n) is 8.29. The highest BCUT2D eigenvalue weighted by molar-refractivity contribution is 5.79. The van der Waals surface area contributed by atoms with E-state index in [2.05, 4.69) is 27.1 Å². The van der Waals surface area contributed by atoms with Gasteiger partial charge in [0.1, 0.15) is 0 Å². The van der Waals surface area contributed by atoms with Gasteiger partial charge >= 0.3 is 0 Å². The van der Waals surface area contributed by atoms with Crippen molar-refractivity contribution in [2.75, 3.05) is 40.5 Å². The van der Waals surface area contributed by atoms with E-state index in [9.17, 15) is 0 Å². The summed E-state index contributed by atoms with van der Waals surface area (Å²) in [5, 5.41) is 3.31. The zero-order chi connectivity index (χ0) is 16.5. The number of rotatable bonds is 9. The number of hydrogen-bond acceptors (Lipinski definition) is 4. The molecule has 0 radical (unpaired) electrons. The van der Waals surface area contributed by atoms with E-state index in [0.717, 1.165) is 43.7 Å². The molecule has 1 heterocycles. The van der Waals surface area contributed by atoms with E-state index in [4.69, 9.17) is 9.47 Å². The fourth-order valence-corrected chi connectivity index (χ4v) is 2.20. The molecule has 1 aliphatic carbocycles. The summed E-state index contributed by atoms with van der Waals surface area (Å²) in [7, 11) is 3.66. The molecule has 0 aromatic carbocycles. The van der Waals surface area contributed by atoms with Gasteiger partial charge in [-0.25, -0.2) is 9.98 Å². The van der Waals surface area contributed by atoms with Gasteiger partial charge in [0.15, 0.2) is 5.96 Å². The van der Waals surface area contributed by atoms with Crippen LogP contribution in [0, 0.1) is 5.92 Å². The van der Waals surface area contributed by atoms with Gasteiger partial charge in [-0.1, -0.05) is 6.07 Å². The summed E-state index contributed by atoms with van der Waals surface area (Å²) in [6, 6.07) is 3.88. The third-order valence-corrected chi connectivity index (χ3v) is 3.76. The highest BCUT2D eigenvalue weighted by Crippen LogP contribution is 2.28. The normalized spacial score (nSPS) is 14.7. The summed E-state index contributed by atoms with van der Waals surface area (Å²) in [6.07, 6.45) is 4.38. The highest BCUT2D eigenvalue weighted by Gasteiger charge is 2.21. The van der Waals surface area contributed by atoms with Crippen LogP contribution in [0.2, 0.25) is 0 Å². The molecule has 23 heavy (non-hydrogen) atoms. The SMILES string of the molecule is CCNC(=NCc1cccnc1OC)N(C)CCOCC1CC1. The van der Waals surface area contributed by atoms with Crippen LogP contribution < -0.4 is 10.1 Å². The Labute approximate surface area is 138 Å². The van der Waals surface area contributed by atoms with E-state index in [1.807, 2.05) is 19.2 Å². The number of aliphatic imine (C=N–C) groups is 1. The molecule has 0 bridgehead atoms. The Morgan fingerprint density at radius 2 is 2.30 bits per heavy atom. The summed E-state index contributed by atoms with van der Waals surface area (Å²) in [6.45, 7) is 5.88. The summed E-state index contributed by atoms with van der Waals surface area (Å²) in [5.74, 6) is 2.30. The molecule has 0 spiro atoms. The third-order valence-electron chi connectivity index (χ3n) is 3.76. The average Bonchev–Trinajstić information content (AvgIpc) is 3.39. The van der Waals surface area contributed by atoms with Crippen LogP contribution in [0.1, 0.15) is 25.3 Å². The molecule has 1 fully saturated rings. The Bertz CT molecular complexity index is 503. The lowest BCUT2D eigenvalue weighted by Gasteiger charge is -2.22. The van der Waals surface area contributed by atoms with Crippen LogP contribution in [0.15, 0.2) is 23.3 Å². The Kier molecular flexibility index (Phi) is 7.13. The number of pyridine rings is 1. The van der Waals surface area contributed by atoms with Crippen molar-refractivity contribution in [1.82, 2.24) is 15.2 Å². The Morgan fingerprint density at radius 1 is 1.48 bits per heavy atom. The Morgan fingerprint density at radius 3 is 3.00 bits per heavy atom. The highest BCUT2D eigenvalue weighted by atomic mass is 16.5. The predicted molar refractivity (Wildman–Crippen MR) is 91.8 cm³/mol. The van der Waals surface area contributed by atoms with E-state index in [-0.39, 0.29) is 0 Å². The molecule has 0 atom stereocenters. The number of hydrogen-bond donors (Lipinski definition) is 1. The molecule has 6 nitrogen and oxygen atoms in total. The second-order valence-electron chi connectivity index (χ2n) is 5.78. The summed E-state index contributed by atoms with van der Waals surface area (Å²) in [5.41, 5.74) is 0.976. The molecule has 128 valence electrons. The minimum absolute atomic E-state index is 0.534. The van der Waals surface area contributed by atoms with E-state index in [1.54, 1.807) is 13.3 Å². The van der Waals surface area contributed by atoms with Crippen molar-refractivity contribution in [3.63, 3.8) is 0 Å². The minimum atomic E-state index is 0.534. The van der Waals surface area contributed by atoms with E-state index in [1.165, 1.54) is 12.8 Å². The third kappa shape index (κ3) is 6.06. The van der Waals surface area contributed by atoms with E-state index >= 15 is 0 Å². The second kappa shape index (κ2) is 9.35. The number of likely N-dealkylation sites (N-methyl/N-ethyl adjacent to an activating group) is 1. The number of nitrogens with zero attached hydrogens (tertiary/aromatic N) is 3. The molecular weight excluding hydrogens is 292 g/mol. The van der Waals surface area contributed by atoms with Gasteiger partial charge in [0, 0.05) is 38.5 Å². The first-order valence-corrected chi connectivity index (χ1v) is 8.29. The standard InChI is InChI=1S/C17H28N4O2/c1-4-18-17(21(2)10-11-23-13-14-7-8-14)20-12-15-6-5-9-19-16(15)22-3/h5-6,9,14H,4,7-8,10-13H2,1-3H3,(H,18,20). The van der Waals surface area contributed by atoms with Crippen LogP contribution in [0.25, 0.3) is 0 Å². The molecule has 1 N–H and O–H groups in total.